The molecule has 0 aliphatic rings. The van der Waals surface area contributed by atoms with Crippen LogP contribution in [-0.2, 0) is 6.42 Å². The molecule has 0 unspecified atom stereocenters. The van der Waals surface area contributed by atoms with Crippen LogP contribution >= 0.6 is 0 Å². The first kappa shape index (κ1) is 14.0. The normalized spacial score (nSPS) is 9.83. The first-order chi connectivity index (χ1) is 8.63. The van der Waals surface area contributed by atoms with Gasteiger partial charge in [0.2, 0.25) is 0 Å². The van der Waals surface area contributed by atoms with Gasteiger partial charge in [-0.1, -0.05) is 19.1 Å². The van der Waals surface area contributed by atoms with Crippen molar-refractivity contribution in [3.8, 4) is 0 Å². The van der Waals surface area contributed by atoms with Crippen LogP contribution in [0.2, 0.25) is 0 Å². The third-order valence-electron chi connectivity index (χ3n) is 2.44. The maximum absolute atomic E-state index is 11.2. The van der Waals surface area contributed by atoms with E-state index in [1.807, 2.05) is 6.92 Å². The first-order valence-corrected chi connectivity index (χ1v) is 5.97. The Labute approximate surface area is 106 Å². The van der Waals surface area contributed by atoms with Crippen molar-refractivity contribution in [3.05, 3.63) is 35.4 Å². The van der Waals surface area contributed by atoms with Gasteiger partial charge in [-0.15, -0.1) is 0 Å². The summed E-state index contributed by atoms with van der Waals surface area (Å²) in [6.45, 7) is 3.19. The van der Waals surface area contributed by atoms with Crippen LogP contribution in [0.5, 0.6) is 0 Å². The molecule has 0 spiro atoms. The fourth-order valence-corrected chi connectivity index (χ4v) is 1.44. The van der Waals surface area contributed by atoms with Gasteiger partial charge in [0.25, 0.3) is 0 Å². The number of rotatable bonds is 6. The molecule has 0 radical (unpaired) electrons. The van der Waals surface area contributed by atoms with Crippen molar-refractivity contribution >= 4 is 12.0 Å². The summed E-state index contributed by atoms with van der Waals surface area (Å²) in [4.78, 5) is 21.9. The number of carbonyl (C=O) groups excluding carboxylic acids is 1. The van der Waals surface area contributed by atoms with E-state index in [2.05, 4.69) is 10.6 Å². The molecule has 1 rings (SSSR count). The van der Waals surface area contributed by atoms with Crippen LogP contribution < -0.4 is 10.6 Å². The van der Waals surface area contributed by atoms with Crippen LogP contribution in [0.15, 0.2) is 24.3 Å². The Bertz CT molecular complexity index is 401. The number of carboxylic acid groups (broad SMARTS) is 1. The van der Waals surface area contributed by atoms with Gasteiger partial charge in [-0.2, -0.15) is 0 Å². The van der Waals surface area contributed by atoms with Crippen LogP contribution in [0.3, 0.4) is 0 Å². The number of carboxylic acids is 1. The smallest absolute Gasteiger partial charge is 0.335 e. The first-order valence-electron chi connectivity index (χ1n) is 5.97. The van der Waals surface area contributed by atoms with E-state index in [4.69, 9.17) is 5.11 Å². The van der Waals surface area contributed by atoms with Crippen molar-refractivity contribution in [3.63, 3.8) is 0 Å². The molecule has 0 heterocycles. The molecule has 2 amide bonds. The van der Waals surface area contributed by atoms with Gasteiger partial charge in [0.15, 0.2) is 0 Å². The van der Waals surface area contributed by atoms with Crippen molar-refractivity contribution in [2.75, 3.05) is 13.1 Å². The number of benzene rings is 1. The standard InChI is InChI=1S/C13H18N2O3/c1-2-8-14-13(18)15-9-7-10-3-5-11(6-4-10)12(16)17/h3-6H,2,7-9H2,1H3,(H,16,17)(H2,14,15,18). The molecule has 3 N–H and O–H groups in total. The van der Waals surface area contributed by atoms with Gasteiger partial charge in [-0.05, 0) is 30.5 Å². The third-order valence-corrected chi connectivity index (χ3v) is 2.44. The van der Waals surface area contributed by atoms with E-state index in [0.29, 0.717) is 19.5 Å². The highest BCUT2D eigenvalue weighted by atomic mass is 16.4. The van der Waals surface area contributed by atoms with Crippen molar-refractivity contribution < 1.29 is 14.7 Å². The topological polar surface area (TPSA) is 78.4 Å². The molecular weight excluding hydrogens is 232 g/mol. The molecule has 18 heavy (non-hydrogen) atoms. The van der Waals surface area contributed by atoms with Crippen LogP contribution in [0.4, 0.5) is 4.79 Å². The molecule has 98 valence electrons. The molecule has 0 fully saturated rings. The summed E-state index contributed by atoms with van der Waals surface area (Å²) in [6, 6.07) is 6.48. The molecular formula is C13H18N2O3. The summed E-state index contributed by atoms with van der Waals surface area (Å²) >= 11 is 0. The minimum absolute atomic E-state index is 0.168. The fraction of sp³-hybridized carbons (Fsp3) is 0.385. The zero-order valence-corrected chi connectivity index (χ0v) is 10.4. The Kier molecular flexibility index (Phi) is 5.70. The quantitative estimate of drug-likeness (QED) is 0.718. The highest BCUT2D eigenvalue weighted by Crippen LogP contribution is 2.04. The molecule has 0 saturated carbocycles. The van der Waals surface area contributed by atoms with E-state index in [1.54, 1.807) is 24.3 Å². The number of hydrogen-bond donors (Lipinski definition) is 3. The van der Waals surface area contributed by atoms with Gasteiger partial charge in [-0.3, -0.25) is 0 Å². The van der Waals surface area contributed by atoms with E-state index in [-0.39, 0.29) is 11.6 Å². The van der Waals surface area contributed by atoms with Crippen molar-refractivity contribution in [1.82, 2.24) is 10.6 Å². The lowest BCUT2D eigenvalue weighted by Crippen LogP contribution is -2.36. The number of hydrogen-bond acceptors (Lipinski definition) is 2. The fourth-order valence-electron chi connectivity index (χ4n) is 1.44. The zero-order chi connectivity index (χ0) is 13.4. The zero-order valence-electron chi connectivity index (χ0n) is 10.4. The summed E-state index contributed by atoms with van der Waals surface area (Å²) < 4.78 is 0. The van der Waals surface area contributed by atoms with E-state index < -0.39 is 5.97 Å². The number of amides is 2. The molecule has 1 aromatic rings. The van der Waals surface area contributed by atoms with Crippen molar-refractivity contribution in [1.29, 1.82) is 0 Å². The highest BCUT2D eigenvalue weighted by molar-refractivity contribution is 5.87. The predicted octanol–water partition coefficient (Wildman–Crippen LogP) is 1.64. The number of nitrogens with one attached hydrogen (secondary N) is 2. The van der Waals surface area contributed by atoms with Crippen LogP contribution in [0, 0.1) is 0 Å². The average Bonchev–Trinajstić information content (AvgIpc) is 2.37. The van der Waals surface area contributed by atoms with Gasteiger partial charge in [0.1, 0.15) is 0 Å². The van der Waals surface area contributed by atoms with E-state index in [1.165, 1.54) is 0 Å². The number of urea groups is 1. The van der Waals surface area contributed by atoms with E-state index in [9.17, 15) is 9.59 Å². The summed E-state index contributed by atoms with van der Waals surface area (Å²) in [6.07, 6.45) is 1.59. The predicted molar refractivity (Wildman–Crippen MR) is 68.8 cm³/mol. The van der Waals surface area contributed by atoms with Gasteiger partial charge >= 0.3 is 12.0 Å². The van der Waals surface area contributed by atoms with Crippen LogP contribution in [0.1, 0.15) is 29.3 Å². The summed E-state index contributed by atoms with van der Waals surface area (Å²) in [7, 11) is 0. The Morgan fingerprint density at radius 3 is 2.28 bits per heavy atom. The Balaban J connectivity index is 2.31. The molecule has 5 heteroatoms. The summed E-state index contributed by atoms with van der Waals surface area (Å²) in [5.41, 5.74) is 1.27. The van der Waals surface area contributed by atoms with Crippen molar-refractivity contribution in [2.24, 2.45) is 0 Å². The largest absolute Gasteiger partial charge is 0.478 e. The molecule has 0 bridgehead atoms. The lowest BCUT2D eigenvalue weighted by Gasteiger charge is -2.06. The number of aromatic carboxylic acids is 1. The minimum atomic E-state index is -0.932. The van der Waals surface area contributed by atoms with E-state index in [0.717, 1.165) is 12.0 Å². The second-order valence-corrected chi connectivity index (χ2v) is 3.93. The molecule has 0 aromatic heterocycles. The summed E-state index contributed by atoms with van der Waals surface area (Å²) in [5.74, 6) is -0.932. The molecule has 0 aliphatic carbocycles. The Morgan fingerprint density at radius 1 is 1.11 bits per heavy atom. The highest BCUT2D eigenvalue weighted by Gasteiger charge is 2.02. The molecule has 1 aromatic carbocycles. The van der Waals surface area contributed by atoms with E-state index >= 15 is 0 Å². The lowest BCUT2D eigenvalue weighted by atomic mass is 10.1. The molecule has 5 nitrogen and oxygen atoms in total. The average molecular weight is 250 g/mol. The Morgan fingerprint density at radius 2 is 1.72 bits per heavy atom. The van der Waals surface area contributed by atoms with Crippen LogP contribution in [-0.4, -0.2) is 30.2 Å². The minimum Gasteiger partial charge on any atom is -0.478 e. The van der Waals surface area contributed by atoms with Gasteiger partial charge in [0, 0.05) is 13.1 Å². The summed E-state index contributed by atoms with van der Waals surface area (Å²) in [5, 5.41) is 14.2. The van der Waals surface area contributed by atoms with Crippen LogP contribution in [0.25, 0.3) is 0 Å². The SMILES string of the molecule is CCCNC(=O)NCCc1ccc(C(=O)O)cc1. The Hall–Kier alpha value is -2.04. The second kappa shape index (κ2) is 7.32. The van der Waals surface area contributed by atoms with Gasteiger partial charge in [0.05, 0.1) is 5.56 Å². The maximum Gasteiger partial charge on any atom is 0.335 e. The van der Waals surface area contributed by atoms with Gasteiger partial charge in [-0.25, -0.2) is 9.59 Å². The monoisotopic (exact) mass is 250 g/mol. The molecule has 0 saturated heterocycles. The second-order valence-electron chi connectivity index (χ2n) is 3.93. The maximum atomic E-state index is 11.2. The molecule has 0 atom stereocenters. The van der Waals surface area contributed by atoms with Crippen molar-refractivity contribution in [2.45, 2.75) is 19.8 Å². The van der Waals surface area contributed by atoms with Gasteiger partial charge < -0.3 is 15.7 Å². The lowest BCUT2D eigenvalue weighted by molar-refractivity contribution is 0.0697. The molecule has 0 aliphatic heterocycles. The third kappa shape index (κ3) is 4.86. The number of carbonyl (C=O) groups is 2.